The molecule has 0 heterocycles. The van der Waals surface area contributed by atoms with Crippen LogP contribution in [0.1, 0.15) is 6.92 Å². The molecule has 0 aliphatic carbocycles. The van der Waals surface area contributed by atoms with Gasteiger partial charge in [-0.2, -0.15) is 10.1 Å². The van der Waals surface area contributed by atoms with Crippen LogP contribution in [0.5, 0.6) is 0 Å². The monoisotopic (exact) mass is 163 g/mol. The van der Waals surface area contributed by atoms with Crippen molar-refractivity contribution in [2.24, 2.45) is 5.73 Å². The van der Waals surface area contributed by atoms with E-state index in [9.17, 15) is 0 Å². The predicted octanol–water partition coefficient (Wildman–Crippen LogP) is -0.653. The minimum Gasteiger partial charge on any atom is -0.329 e. The van der Waals surface area contributed by atoms with Gasteiger partial charge >= 0.3 is 0 Å². The van der Waals surface area contributed by atoms with Crippen molar-refractivity contribution in [1.82, 2.24) is 10.1 Å². The quantitative estimate of drug-likeness (QED) is 0.454. The van der Waals surface area contributed by atoms with Gasteiger partial charge in [0.25, 0.3) is 0 Å². The minimum absolute atomic E-state index is 0.418. The van der Waals surface area contributed by atoms with Crippen molar-refractivity contribution < 1.29 is 10.4 Å². The Kier molecular flexibility index (Phi) is 6.39. The summed E-state index contributed by atoms with van der Waals surface area (Å²) < 4.78 is 0. The molecular formula is C6H17N3O2. The molecule has 0 saturated heterocycles. The average Bonchev–Trinajstić information content (AvgIpc) is 2.01. The van der Waals surface area contributed by atoms with Crippen molar-refractivity contribution in [3.05, 3.63) is 0 Å². The highest BCUT2D eigenvalue weighted by Crippen LogP contribution is 1.83. The fraction of sp³-hybridized carbons (Fsp3) is 1.00. The third-order valence-electron chi connectivity index (χ3n) is 1.37. The highest BCUT2D eigenvalue weighted by Gasteiger charge is 2.01. The first-order chi connectivity index (χ1) is 5.20. The Hall–Kier alpha value is -0.200. The van der Waals surface area contributed by atoms with Crippen molar-refractivity contribution in [2.75, 3.05) is 32.7 Å². The molecule has 11 heavy (non-hydrogen) atoms. The van der Waals surface area contributed by atoms with E-state index in [4.69, 9.17) is 16.1 Å². The highest BCUT2D eigenvalue weighted by molar-refractivity contribution is 4.48. The number of hydroxylamine groups is 4. The van der Waals surface area contributed by atoms with Crippen molar-refractivity contribution in [3.8, 4) is 0 Å². The molecular weight excluding hydrogens is 146 g/mol. The summed E-state index contributed by atoms with van der Waals surface area (Å²) in [7, 11) is 0. The van der Waals surface area contributed by atoms with E-state index in [-0.39, 0.29) is 0 Å². The van der Waals surface area contributed by atoms with Crippen LogP contribution in [0.2, 0.25) is 0 Å². The van der Waals surface area contributed by atoms with Gasteiger partial charge in [-0.15, -0.1) is 0 Å². The third kappa shape index (κ3) is 6.21. The zero-order valence-corrected chi connectivity index (χ0v) is 6.90. The van der Waals surface area contributed by atoms with E-state index in [1.165, 1.54) is 0 Å². The predicted molar refractivity (Wildman–Crippen MR) is 41.4 cm³/mol. The molecule has 0 spiro atoms. The Morgan fingerprint density at radius 2 is 1.64 bits per heavy atom. The van der Waals surface area contributed by atoms with Crippen LogP contribution in [0.25, 0.3) is 0 Å². The zero-order chi connectivity index (χ0) is 8.69. The van der Waals surface area contributed by atoms with E-state index < -0.39 is 0 Å². The molecule has 0 saturated carbocycles. The van der Waals surface area contributed by atoms with E-state index in [1.807, 2.05) is 6.92 Å². The molecule has 0 aromatic rings. The molecule has 0 unspecified atom stereocenters. The second-order valence-electron chi connectivity index (χ2n) is 2.29. The van der Waals surface area contributed by atoms with E-state index in [2.05, 4.69) is 0 Å². The first kappa shape index (κ1) is 10.8. The van der Waals surface area contributed by atoms with Gasteiger partial charge in [-0.05, 0) is 0 Å². The number of hydrogen-bond donors (Lipinski definition) is 3. The summed E-state index contributed by atoms with van der Waals surface area (Å²) in [6.07, 6.45) is 0. The van der Waals surface area contributed by atoms with Crippen LogP contribution >= 0.6 is 0 Å². The van der Waals surface area contributed by atoms with Gasteiger partial charge in [0, 0.05) is 32.7 Å². The Balaban J connectivity index is 3.22. The van der Waals surface area contributed by atoms with Crippen molar-refractivity contribution in [2.45, 2.75) is 6.92 Å². The molecule has 0 aliphatic heterocycles. The van der Waals surface area contributed by atoms with Crippen LogP contribution in [-0.4, -0.2) is 53.3 Å². The van der Waals surface area contributed by atoms with E-state index >= 15 is 0 Å². The zero-order valence-electron chi connectivity index (χ0n) is 6.90. The lowest BCUT2D eigenvalue weighted by atomic mass is 10.5. The first-order valence-corrected chi connectivity index (χ1v) is 3.78. The van der Waals surface area contributed by atoms with Gasteiger partial charge in [0.05, 0.1) is 0 Å². The average molecular weight is 163 g/mol. The summed E-state index contributed by atoms with van der Waals surface area (Å²) in [5.74, 6) is 0. The number of hydrogen-bond acceptors (Lipinski definition) is 5. The lowest BCUT2D eigenvalue weighted by Crippen LogP contribution is -2.34. The van der Waals surface area contributed by atoms with Gasteiger partial charge in [-0.25, -0.2) is 0 Å². The van der Waals surface area contributed by atoms with Crippen molar-refractivity contribution >= 4 is 0 Å². The Morgan fingerprint density at radius 1 is 1.09 bits per heavy atom. The molecule has 0 amide bonds. The minimum atomic E-state index is 0.418. The molecule has 0 aromatic carbocycles. The summed E-state index contributed by atoms with van der Waals surface area (Å²) in [6, 6.07) is 0. The van der Waals surface area contributed by atoms with E-state index in [0.717, 1.165) is 10.1 Å². The SMILES string of the molecule is CCN(O)CCN(O)CCN. The normalized spacial score (nSPS) is 11.5. The molecule has 4 N–H and O–H groups in total. The van der Waals surface area contributed by atoms with Gasteiger partial charge in [-0.1, -0.05) is 6.92 Å². The molecule has 0 aliphatic rings. The van der Waals surface area contributed by atoms with Gasteiger partial charge in [0.1, 0.15) is 0 Å². The van der Waals surface area contributed by atoms with Crippen LogP contribution in [0.15, 0.2) is 0 Å². The largest absolute Gasteiger partial charge is 0.329 e. The van der Waals surface area contributed by atoms with Crippen molar-refractivity contribution in [3.63, 3.8) is 0 Å². The fourth-order valence-electron chi connectivity index (χ4n) is 0.650. The second-order valence-corrected chi connectivity index (χ2v) is 2.29. The Bertz CT molecular complexity index is 91.9. The summed E-state index contributed by atoms with van der Waals surface area (Å²) >= 11 is 0. The first-order valence-electron chi connectivity index (χ1n) is 3.78. The molecule has 0 rings (SSSR count). The number of nitrogens with two attached hydrogens (primary N) is 1. The summed E-state index contributed by atoms with van der Waals surface area (Å²) in [5, 5.41) is 20.2. The van der Waals surface area contributed by atoms with E-state index in [0.29, 0.717) is 32.7 Å². The second kappa shape index (κ2) is 6.51. The maximum Gasteiger partial charge on any atom is 0.0389 e. The van der Waals surface area contributed by atoms with Gasteiger partial charge in [0.2, 0.25) is 0 Å². The lowest BCUT2D eigenvalue weighted by molar-refractivity contribution is -0.134. The Labute approximate surface area is 66.9 Å². The smallest absolute Gasteiger partial charge is 0.0389 e. The number of rotatable bonds is 6. The lowest BCUT2D eigenvalue weighted by Gasteiger charge is -2.17. The van der Waals surface area contributed by atoms with Gasteiger partial charge in [-0.3, -0.25) is 0 Å². The summed E-state index contributed by atoms with van der Waals surface area (Å²) in [4.78, 5) is 0. The number of likely N-dealkylation sites (N-methyl/N-ethyl adjacent to an activating group) is 1. The summed E-state index contributed by atoms with van der Waals surface area (Å²) in [6.45, 7) is 4.13. The van der Waals surface area contributed by atoms with E-state index in [1.54, 1.807) is 0 Å². The van der Waals surface area contributed by atoms with Crippen LogP contribution in [0, 0.1) is 0 Å². The van der Waals surface area contributed by atoms with Crippen LogP contribution in [-0.2, 0) is 0 Å². The number of nitrogens with zero attached hydrogens (tertiary/aromatic N) is 2. The maximum absolute atomic E-state index is 9.01. The fourth-order valence-corrected chi connectivity index (χ4v) is 0.650. The molecule has 0 fully saturated rings. The molecule has 0 bridgehead atoms. The molecule has 0 aromatic heterocycles. The third-order valence-corrected chi connectivity index (χ3v) is 1.37. The molecule has 0 atom stereocenters. The van der Waals surface area contributed by atoms with Crippen LogP contribution < -0.4 is 5.73 Å². The summed E-state index contributed by atoms with van der Waals surface area (Å²) in [5.41, 5.74) is 5.19. The molecule has 5 nitrogen and oxygen atoms in total. The Morgan fingerprint density at radius 3 is 2.09 bits per heavy atom. The standard InChI is InChI=1S/C6H17N3O2/c1-2-8(10)5-6-9(11)4-3-7/h10-11H,2-7H2,1H3. The van der Waals surface area contributed by atoms with Crippen molar-refractivity contribution in [1.29, 1.82) is 0 Å². The molecule has 5 heteroatoms. The molecule has 68 valence electrons. The molecule has 0 radical (unpaired) electrons. The van der Waals surface area contributed by atoms with Crippen LogP contribution in [0.3, 0.4) is 0 Å². The van der Waals surface area contributed by atoms with Gasteiger partial charge in [0.15, 0.2) is 0 Å². The van der Waals surface area contributed by atoms with Gasteiger partial charge < -0.3 is 16.1 Å². The van der Waals surface area contributed by atoms with Crippen LogP contribution in [0.4, 0.5) is 0 Å². The highest BCUT2D eigenvalue weighted by atomic mass is 16.5. The maximum atomic E-state index is 9.01. The topological polar surface area (TPSA) is 73.0 Å².